The fourth-order valence-electron chi connectivity index (χ4n) is 2.42. The van der Waals surface area contributed by atoms with Crippen LogP contribution >= 0.6 is 0 Å². The Morgan fingerprint density at radius 3 is 1.47 bits per heavy atom. The molecule has 0 radical (unpaired) electrons. The van der Waals surface area contributed by atoms with Gasteiger partial charge in [0.1, 0.15) is 0 Å². The van der Waals surface area contributed by atoms with Crippen LogP contribution in [0.15, 0.2) is 12.2 Å². The molecule has 0 saturated carbocycles. The van der Waals surface area contributed by atoms with Gasteiger partial charge in [-0.25, -0.2) is 0 Å². The number of rotatable bonds is 15. The molecular weight excluding hydrogens is 282 g/mol. The zero-order valence-corrected chi connectivity index (χ0v) is 16.4. The van der Waals surface area contributed by atoms with Crippen molar-refractivity contribution in [3.8, 4) is 0 Å². The zero-order valence-electron chi connectivity index (χ0n) is 13.5. The molecule has 109 valence electrons. The van der Waals surface area contributed by atoms with Gasteiger partial charge in [0.05, 0.1) is 0 Å². The second kappa shape index (κ2) is 18.4. The maximum atomic E-state index is 2.42. The molecule has 0 saturated heterocycles. The number of allylic oxidation sites excluding steroid dienone is 2. The minimum absolute atomic E-state index is 1.31. The molecule has 0 fully saturated rings. The van der Waals surface area contributed by atoms with Crippen LogP contribution in [0.3, 0.4) is 0 Å². The van der Waals surface area contributed by atoms with Crippen molar-refractivity contribution in [2.24, 2.45) is 0 Å². The third-order valence-corrected chi connectivity index (χ3v) is 4.81. The van der Waals surface area contributed by atoms with Gasteiger partial charge in [0.25, 0.3) is 0 Å². The van der Waals surface area contributed by atoms with Crippen molar-refractivity contribution < 1.29 is 18.3 Å². The van der Waals surface area contributed by atoms with Gasteiger partial charge in [-0.05, 0) is 0 Å². The molecule has 0 aliphatic rings. The molecule has 0 nitrogen and oxygen atoms in total. The van der Waals surface area contributed by atoms with Crippen LogP contribution in [-0.2, 0) is 18.3 Å². The van der Waals surface area contributed by atoms with Crippen LogP contribution in [0.1, 0.15) is 96.8 Å². The summed E-state index contributed by atoms with van der Waals surface area (Å²) in [5, 5.41) is 1.49. The van der Waals surface area contributed by atoms with Crippen molar-refractivity contribution in [2.75, 3.05) is 0 Å². The van der Waals surface area contributed by atoms with E-state index in [0.29, 0.717) is 0 Å². The van der Waals surface area contributed by atoms with E-state index in [9.17, 15) is 0 Å². The average molecular weight is 317 g/mol. The van der Waals surface area contributed by atoms with Gasteiger partial charge in [0, 0.05) is 0 Å². The van der Waals surface area contributed by atoms with Gasteiger partial charge in [-0.2, -0.15) is 0 Å². The predicted molar refractivity (Wildman–Crippen MR) is 84.3 cm³/mol. The summed E-state index contributed by atoms with van der Waals surface area (Å²) in [4.78, 5) is 0. The van der Waals surface area contributed by atoms with Crippen LogP contribution < -0.4 is 0 Å². The molecule has 0 bridgehead atoms. The summed E-state index contributed by atoms with van der Waals surface area (Å²) in [6.07, 6.45) is 24.7. The molecular formula is C18H35Zn. The van der Waals surface area contributed by atoms with E-state index < -0.39 is 0 Å². The molecule has 0 rings (SSSR count). The third kappa shape index (κ3) is 18.4. The van der Waals surface area contributed by atoms with E-state index in [1.54, 1.807) is 0 Å². The molecule has 0 aliphatic heterocycles. The molecule has 0 aliphatic carbocycles. The summed E-state index contributed by atoms with van der Waals surface area (Å²) >= 11 is 1.49. The molecule has 0 unspecified atom stereocenters. The first-order valence-electron chi connectivity index (χ1n) is 8.86. The van der Waals surface area contributed by atoms with Gasteiger partial charge >= 0.3 is 93.3 Å². The molecule has 0 atom stereocenters. The Balaban J connectivity index is 3.01. The average Bonchev–Trinajstić information content (AvgIpc) is 2.43. The van der Waals surface area contributed by atoms with Crippen molar-refractivity contribution in [1.29, 1.82) is 0 Å². The zero-order chi connectivity index (χ0) is 14.0. The van der Waals surface area contributed by atoms with Gasteiger partial charge in [-0.1, -0.05) is 39.0 Å². The molecule has 0 spiro atoms. The standard InChI is InChI=1S/C18H35.Zn/c1-3-5-7-9-11-13-15-17-18-16-14-12-10-8-6-4-2;/h17-18H,1,3-16H2,2H3;/b18-17-;. The Kier molecular flexibility index (Phi) is 18.7. The number of unbranched alkanes of at least 4 members (excludes halogenated alkanes) is 12. The summed E-state index contributed by atoms with van der Waals surface area (Å²) in [6.45, 7) is 2.29. The minimum atomic E-state index is 1.31. The van der Waals surface area contributed by atoms with Gasteiger partial charge in [0.15, 0.2) is 0 Å². The van der Waals surface area contributed by atoms with Crippen molar-refractivity contribution >= 4 is 0 Å². The van der Waals surface area contributed by atoms with E-state index in [1.807, 2.05) is 0 Å². The molecule has 19 heavy (non-hydrogen) atoms. The molecule has 0 N–H and O–H groups in total. The quantitative estimate of drug-likeness (QED) is 0.173. The molecule has 0 aromatic rings. The fraction of sp³-hybridized carbons (Fsp3) is 0.889. The normalized spacial score (nSPS) is 11.5. The van der Waals surface area contributed by atoms with Crippen LogP contribution in [0.25, 0.3) is 0 Å². The molecule has 1 heteroatoms. The SMILES string of the molecule is CCCCCCCC/C=C\CCCCCCC[CH2][Zn]. The van der Waals surface area contributed by atoms with E-state index in [0.717, 1.165) is 0 Å². The van der Waals surface area contributed by atoms with Crippen molar-refractivity contribution in [1.82, 2.24) is 0 Å². The Labute approximate surface area is 132 Å². The molecule has 0 aromatic heterocycles. The van der Waals surface area contributed by atoms with Gasteiger partial charge in [-0.15, -0.1) is 0 Å². The van der Waals surface area contributed by atoms with Crippen LogP contribution in [0, 0.1) is 0 Å². The van der Waals surface area contributed by atoms with Crippen LogP contribution in [0.5, 0.6) is 0 Å². The summed E-state index contributed by atoms with van der Waals surface area (Å²) in [5.74, 6) is 0. The van der Waals surface area contributed by atoms with E-state index in [1.165, 1.54) is 113 Å². The van der Waals surface area contributed by atoms with Crippen molar-refractivity contribution in [3.05, 3.63) is 12.2 Å². The Morgan fingerprint density at radius 2 is 1.00 bits per heavy atom. The maximum absolute atomic E-state index is 2.42. The Hall–Kier alpha value is 0.363. The first-order chi connectivity index (χ1) is 9.41. The first-order valence-corrected chi connectivity index (χ1v) is 11.0. The summed E-state index contributed by atoms with van der Waals surface area (Å²) < 4.78 is 0. The van der Waals surface area contributed by atoms with E-state index in [4.69, 9.17) is 0 Å². The van der Waals surface area contributed by atoms with Crippen molar-refractivity contribution in [2.45, 2.75) is 102 Å². The van der Waals surface area contributed by atoms with Gasteiger partial charge in [0.2, 0.25) is 0 Å². The summed E-state index contributed by atoms with van der Waals surface area (Å²) in [5.41, 5.74) is 0. The fourth-order valence-corrected chi connectivity index (χ4v) is 3.17. The van der Waals surface area contributed by atoms with Gasteiger partial charge in [-0.3, -0.25) is 0 Å². The second-order valence-electron chi connectivity index (χ2n) is 5.79. The predicted octanol–water partition coefficient (Wildman–Crippen LogP) is 6.99. The second-order valence-corrected chi connectivity index (χ2v) is 7.27. The number of hydrogen-bond donors (Lipinski definition) is 0. The third-order valence-electron chi connectivity index (χ3n) is 3.76. The molecule has 0 heterocycles. The van der Waals surface area contributed by atoms with Gasteiger partial charge < -0.3 is 0 Å². The topological polar surface area (TPSA) is 0 Å². The Morgan fingerprint density at radius 1 is 0.579 bits per heavy atom. The van der Waals surface area contributed by atoms with Crippen LogP contribution in [-0.4, -0.2) is 0 Å². The van der Waals surface area contributed by atoms with Crippen molar-refractivity contribution in [3.63, 3.8) is 0 Å². The summed E-state index contributed by atoms with van der Waals surface area (Å²) in [7, 11) is 0. The number of hydrogen-bond acceptors (Lipinski definition) is 0. The van der Waals surface area contributed by atoms with E-state index in [-0.39, 0.29) is 0 Å². The first kappa shape index (κ1) is 19.4. The molecule has 0 aromatic carbocycles. The van der Waals surface area contributed by atoms with E-state index >= 15 is 0 Å². The monoisotopic (exact) mass is 315 g/mol. The summed E-state index contributed by atoms with van der Waals surface area (Å²) in [6, 6.07) is 0. The Bertz CT molecular complexity index is 175. The van der Waals surface area contributed by atoms with Crippen LogP contribution in [0.2, 0.25) is 5.02 Å². The molecule has 0 amide bonds. The van der Waals surface area contributed by atoms with Crippen LogP contribution in [0.4, 0.5) is 0 Å². The van der Waals surface area contributed by atoms with E-state index in [2.05, 4.69) is 19.1 Å².